The molecule has 5 aromatic rings. The fourth-order valence-corrected chi connectivity index (χ4v) is 4.04. The predicted molar refractivity (Wildman–Crippen MR) is 152 cm³/mol. The first-order valence-electron chi connectivity index (χ1n) is 12.6. The van der Waals surface area contributed by atoms with Crippen molar-refractivity contribution in [2.45, 2.75) is 13.8 Å². The maximum atomic E-state index is 12.1. The minimum absolute atomic E-state index is 0.120. The summed E-state index contributed by atoms with van der Waals surface area (Å²) < 4.78 is 15.0. The predicted octanol–water partition coefficient (Wildman–Crippen LogP) is 2.50. The Morgan fingerprint density at radius 1 is 0.727 bits per heavy atom. The Balaban J connectivity index is 1.47. The van der Waals surface area contributed by atoms with Gasteiger partial charge in [0.05, 0.1) is 38.0 Å². The molecule has 0 aliphatic carbocycles. The van der Waals surface area contributed by atoms with E-state index in [0.29, 0.717) is 11.4 Å². The van der Waals surface area contributed by atoms with Gasteiger partial charge in [0, 0.05) is 20.2 Å². The minimum atomic E-state index is -0.610. The number of aryl methyl sites for hydroxylation is 4. The number of nitrogens with two attached hydrogens (primary N) is 2. The van der Waals surface area contributed by atoms with Crippen molar-refractivity contribution in [3.63, 3.8) is 0 Å². The van der Waals surface area contributed by atoms with E-state index >= 15 is 0 Å². The van der Waals surface area contributed by atoms with Gasteiger partial charge in [-0.15, -0.1) is 20.5 Å². The maximum Gasteiger partial charge on any atom is 0.343 e. The van der Waals surface area contributed by atoms with Gasteiger partial charge in [0.25, 0.3) is 0 Å². The van der Waals surface area contributed by atoms with Crippen LogP contribution in [0.15, 0.2) is 45.2 Å². The van der Waals surface area contributed by atoms with Crippen LogP contribution >= 0.6 is 0 Å². The molecule has 0 spiro atoms. The Morgan fingerprint density at radius 3 is 1.52 bits per heavy atom. The molecule has 0 radical (unpaired) electrons. The zero-order valence-electron chi connectivity index (χ0n) is 24.4. The molecule has 0 aliphatic rings. The highest BCUT2D eigenvalue weighted by atomic mass is 16.5. The number of carbonyl (C=O) groups is 2. The zero-order valence-corrected chi connectivity index (χ0v) is 24.4. The second-order valence-corrected chi connectivity index (χ2v) is 9.09. The van der Waals surface area contributed by atoms with E-state index in [0.717, 1.165) is 0 Å². The van der Waals surface area contributed by atoms with Crippen LogP contribution in [0.2, 0.25) is 0 Å². The first-order valence-corrected chi connectivity index (χ1v) is 12.6. The number of methoxy groups -OCH3 is 2. The van der Waals surface area contributed by atoms with Gasteiger partial charge in [-0.3, -0.25) is 0 Å². The van der Waals surface area contributed by atoms with E-state index in [4.69, 9.17) is 20.9 Å². The van der Waals surface area contributed by atoms with Crippen LogP contribution in [0.25, 0.3) is 11.6 Å². The Kier molecular flexibility index (Phi) is 7.62. The van der Waals surface area contributed by atoms with E-state index in [1.54, 1.807) is 34.0 Å². The lowest BCUT2D eigenvalue weighted by Gasteiger charge is -2.06. The summed E-state index contributed by atoms with van der Waals surface area (Å²) in [5.41, 5.74) is 14.4. The average molecular weight is 603 g/mol. The van der Waals surface area contributed by atoms with Crippen LogP contribution in [0.1, 0.15) is 32.1 Å². The molecule has 0 aromatic carbocycles. The van der Waals surface area contributed by atoms with Gasteiger partial charge in [0.1, 0.15) is 17.5 Å². The molecule has 5 aromatic heterocycles. The van der Waals surface area contributed by atoms with Gasteiger partial charge in [-0.05, 0) is 13.8 Å². The molecule has 44 heavy (non-hydrogen) atoms. The van der Waals surface area contributed by atoms with Crippen molar-refractivity contribution >= 4 is 46.6 Å². The third-order valence-corrected chi connectivity index (χ3v) is 6.31. The third-order valence-electron chi connectivity index (χ3n) is 6.31. The molecule has 0 saturated carbocycles. The van der Waals surface area contributed by atoms with E-state index in [1.807, 2.05) is 0 Å². The molecular formula is C24H26N16O4. The molecule has 226 valence electrons. The SMILES string of the molecule is COC(=O)c1cnn(C)c1N=Nc1c(C)nn(-c2cc(-n3nc(C)c(N=Nc4c(C(=O)OC)cnn4C)c3N)ncn2)c1N. The number of aromatic nitrogens is 10. The summed E-state index contributed by atoms with van der Waals surface area (Å²) >= 11 is 0. The number of esters is 2. The molecule has 0 amide bonds. The fourth-order valence-electron chi connectivity index (χ4n) is 4.04. The van der Waals surface area contributed by atoms with Gasteiger partial charge >= 0.3 is 11.9 Å². The Morgan fingerprint density at radius 2 is 1.14 bits per heavy atom. The third kappa shape index (κ3) is 5.10. The van der Waals surface area contributed by atoms with Gasteiger partial charge in [0.2, 0.25) is 0 Å². The van der Waals surface area contributed by atoms with Gasteiger partial charge in [0.15, 0.2) is 46.3 Å². The summed E-state index contributed by atoms with van der Waals surface area (Å²) in [7, 11) is 5.73. The molecular weight excluding hydrogens is 576 g/mol. The zero-order chi connectivity index (χ0) is 31.7. The fraction of sp³-hybridized carbons (Fsp3) is 0.250. The summed E-state index contributed by atoms with van der Waals surface area (Å²) in [6.45, 7) is 3.38. The number of ether oxygens (including phenoxy) is 2. The topological polar surface area (TPSA) is 251 Å². The molecule has 5 heterocycles. The molecule has 0 unspecified atom stereocenters. The number of anilines is 2. The molecule has 5 rings (SSSR count). The van der Waals surface area contributed by atoms with Crippen molar-refractivity contribution in [1.29, 1.82) is 0 Å². The maximum absolute atomic E-state index is 12.1. The van der Waals surface area contributed by atoms with Crippen LogP contribution in [0, 0.1) is 13.8 Å². The van der Waals surface area contributed by atoms with Crippen molar-refractivity contribution in [1.82, 2.24) is 49.1 Å². The molecule has 0 atom stereocenters. The number of hydrogen-bond donors (Lipinski definition) is 2. The average Bonchev–Trinajstić information content (AvgIpc) is 3.74. The van der Waals surface area contributed by atoms with Gasteiger partial charge in [-0.25, -0.2) is 28.9 Å². The van der Waals surface area contributed by atoms with Gasteiger partial charge < -0.3 is 20.9 Å². The van der Waals surface area contributed by atoms with Gasteiger partial charge in [-0.1, -0.05) is 0 Å². The summed E-state index contributed by atoms with van der Waals surface area (Å²) in [6, 6.07) is 1.56. The van der Waals surface area contributed by atoms with Crippen LogP contribution in [-0.4, -0.2) is 75.2 Å². The van der Waals surface area contributed by atoms with Crippen molar-refractivity contribution in [2.24, 2.45) is 34.6 Å². The smallest absolute Gasteiger partial charge is 0.343 e. The summed E-state index contributed by atoms with van der Waals surface area (Å²) in [5.74, 6) is -0.0698. The lowest BCUT2D eigenvalue weighted by atomic mass is 10.3. The van der Waals surface area contributed by atoms with Crippen molar-refractivity contribution < 1.29 is 19.1 Å². The second-order valence-electron chi connectivity index (χ2n) is 9.09. The number of rotatable bonds is 8. The quantitative estimate of drug-likeness (QED) is 0.192. The first kappa shape index (κ1) is 29.2. The standard InChI is InChI=1S/C24H26N16O4/c1-11-17(31-33-21-13(23(41)43-5)8-29-37(21)3)19(25)39(35-11)15-7-16(28-10-27-15)40-20(26)18(12(2)36-40)32-34-22-14(24(42)44-6)9-30-38(22)4/h7-10H,25-26H2,1-6H3. The van der Waals surface area contributed by atoms with Crippen molar-refractivity contribution in [3.05, 3.63) is 47.3 Å². The number of hydrogen-bond acceptors (Lipinski definition) is 16. The monoisotopic (exact) mass is 602 g/mol. The van der Waals surface area contributed by atoms with Crippen LogP contribution in [-0.2, 0) is 23.6 Å². The molecule has 0 aliphatic heterocycles. The molecule has 20 nitrogen and oxygen atoms in total. The number of carbonyl (C=O) groups excluding carboxylic acids is 2. The summed E-state index contributed by atoms with van der Waals surface area (Å²) in [6.07, 6.45) is 3.95. The van der Waals surface area contributed by atoms with Crippen LogP contribution in [0.4, 0.5) is 34.6 Å². The second kappa shape index (κ2) is 11.5. The van der Waals surface area contributed by atoms with Gasteiger partial charge in [-0.2, -0.15) is 29.8 Å². The Labute approximate surface area is 248 Å². The number of nitrogen functional groups attached to an aromatic ring is 2. The van der Waals surface area contributed by atoms with Crippen molar-refractivity contribution in [2.75, 3.05) is 25.7 Å². The van der Waals surface area contributed by atoms with E-state index in [9.17, 15) is 9.59 Å². The van der Waals surface area contributed by atoms with Crippen LogP contribution in [0.5, 0.6) is 0 Å². The largest absolute Gasteiger partial charge is 0.465 e. The number of nitrogens with zero attached hydrogens (tertiary/aromatic N) is 14. The van der Waals surface area contributed by atoms with Crippen LogP contribution in [0.3, 0.4) is 0 Å². The Hall–Kier alpha value is -6.34. The molecule has 0 fully saturated rings. The van der Waals surface area contributed by atoms with E-state index in [1.165, 1.54) is 51.7 Å². The van der Waals surface area contributed by atoms with Crippen molar-refractivity contribution in [3.8, 4) is 11.6 Å². The highest BCUT2D eigenvalue weighted by Crippen LogP contribution is 2.33. The molecule has 4 N–H and O–H groups in total. The molecule has 0 bridgehead atoms. The highest BCUT2D eigenvalue weighted by Gasteiger charge is 2.21. The molecule has 20 heteroatoms. The normalized spacial score (nSPS) is 11.6. The lowest BCUT2D eigenvalue weighted by molar-refractivity contribution is 0.0592. The summed E-state index contributed by atoms with van der Waals surface area (Å²) in [4.78, 5) is 32.7. The van der Waals surface area contributed by atoms with E-state index in [2.05, 4.69) is 50.8 Å². The van der Waals surface area contributed by atoms with E-state index in [-0.39, 0.29) is 57.4 Å². The number of azo groups is 2. The minimum Gasteiger partial charge on any atom is -0.465 e. The lowest BCUT2D eigenvalue weighted by Crippen LogP contribution is -2.09. The Bertz CT molecular complexity index is 1820. The van der Waals surface area contributed by atoms with E-state index < -0.39 is 11.9 Å². The highest BCUT2D eigenvalue weighted by molar-refractivity contribution is 5.94. The van der Waals surface area contributed by atoms with Crippen LogP contribution < -0.4 is 11.5 Å². The first-order chi connectivity index (χ1) is 21.0. The summed E-state index contributed by atoms with van der Waals surface area (Å²) in [5, 5.41) is 33.7. The molecule has 0 saturated heterocycles.